The Hall–Kier alpha value is -0.566. The van der Waals surface area contributed by atoms with Gasteiger partial charge in [0.05, 0.1) is 6.10 Å². The van der Waals surface area contributed by atoms with Crippen LogP contribution < -0.4 is 0 Å². The average molecular weight is 461 g/mol. The van der Waals surface area contributed by atoms with Crippen molar-refractivity contribution in [2.45, 2.75) is 104 Å². The molecule has 2 unspecified atom stereocenters. The summed E-state index contributed by atoms with van der Waals surface area (Å²) in [5.41, 5.74) is 2.73. The van der Waals surface area contributed by atoms with E-state index in [0.717, 1.165) is 6.42 Å². The maximum Gasteiger partial charge on any atom is 0.192 e. The quantitative estimate of drug-likeness (QED) is 0.222. The Bertz CT molecular complexity index is 758. The molecule has 0 aromatic rings. The van der Waals surface area contributed by atoms with Gasteiger partial charge in [-0.2, -0.15) is 0 Å². The lowest BCUT2D eigenvalue weighted by Crippen LogP contribution is -2.61. The zero-order chi connectivity index (χ0) is 24.2. The lowest BCUT2D eigenvalue weighted by atomic mass is 9.65. The van der Waals surface area contributed by atoms with Gasteiger partial charge in [-0.25, -0.2) is 0 Å². The Morgan fingerprint density at radius 2 is 1.71 bits per heavy atom. The highest BCUT2D eigenvalue weighted by atomic mass is 28.4. The zero-order valence-corrected chi connectivity index (χ0v) is 24.3. The molecule has 4 heteroatoms. The molecule has 2 rings (SSSR count). The van der Waals surface area contributed by atoms with Crippen molar-refractivity contribution < 1.29 is 8.85 Å². The van der Waals surface area contributed by atoms with Gasteiger partial charge in [-0.3, -0.25) is 0 Å². The van der Waals surface area contributed by atoms with Crippen LogP contribution >= 0.6 is 0 Å². The van der Waals surface area contributed by atoms with Gasteiger partial charge >= 0.3 is 0 Å². The summed E-state index contributed by atoms with van der Waals surface area (Å²) in [5, 5.41) is 0.125. The van der Waals surface area contributed by atoms with Gasteiger partial charge < -0.3 is 8.85 Å². The zero-order valence-electron chi connectivity index (χ0n) is 22.3. The summed E-state index contributed by atoms with van der Waals surface area (Å²) < 4.78 is 14.3. The molecule has 7 atom stereocenters. The standard InChI is InChI=1S/C27H48O2Si2/c1-15-17-19(3)24(28-31(13,14)25(5,6)7)23-22-21(26(22,8)9)18-20(4)27(23,16-2)29-30(10,11)12/h2,17,19-24H,1,18H2,3-14H3/t19?,20-,21-,22-,23-,24?,27-/m1/s1. The molecule has 0 radical (unpaired) electrons. The highest BCUT2D eigenvalue weighted by Crippen LogP contribution is 2.72. The molecular weight excluding hydrogens is 412 g/mol. The minimum Gasteiger partial charge on any atom is -0.413 e. The molecule has 2 aliphatic rings. The van der Waals surface area contributed by atoms with E-state index >= 15 is 0 Å². The molecule has 0 amide bonds. The highest BCUT2D eigenvalue weighted by molar-refractivity contribution is 6.74. The first-order valence-electron chi connectivity index (χ1n) is 12.1. The number of rotatable bonds is 7. The van der Waals surface area contributed by atoms with E-state index in [0.29, 0.717) is 17.8 Å². The van der Waals surface area contributed by atoms with Crippen molar-refractivity contribution in [3.05, 3.63) is 18.4 Å². The van der Waals surface area contributed by atoms with Crippen LogP contribution in [0.3, 0.4) is 0 Å². The molecular formula is C27H48O2Si2. The molecule has 0 aliphatic heterocycles. The molecule has 2 aliphatic carbocycles. The molecule has 0 aromatic carbocycles. The number of hydrogen-bond acceptors (Lipinski definition) is 2. The Balaban J connectivity index is 2.69. The molecule has 2 saturated carbocycles. The second kappa shape index (κ2) is 8.33. The summed E-state index contributed by atoms with van der Waals surface area (Å²) in [4.78, 5) is 0. The van der Waals surface area contributed by atoms with Gasteiger partial charge in [-0.05, 0) is 73.4 Å². The third kappa shape index (κ3) is 4.87. The number of hydrogen-bond donors (Lipinski definition) is 0. The average Bonchev–Trinajstić information content (AvgIpc) is 3.11. The predicted octanol–water partition coefficient (Wildman–Crippen LogP) is 7.51. The molecule has 0 aromatic heterocycles. The second-order valence-corrected chi connectivity index (χ2v) is 22.5. The van der Waals surface area contributed by atoms with Gasteiger partial charge in [0, 0.05) is 11.8 Å². The summed E-state index contributed by atoms with van der Waals surface area (Å²) in [6.07, 6.45) is 9.64. The number of terminal acetylenes is 1. The van der Waals surface area contributed by atoms with Crippen LogP contribution in [0.5, 0.6) is 0 Å². The fraction of sp³-hybridized carbons (Fsp3) is 0.815. The van der Waals surface area contributed by atoms with Gasteiger partial charge in [-0.15, -0.1) is 12.2 Å². The van der Waals surface area contributed by atoms with Crippen molar-refractivity contribution >= 4 is 16.6 Å². The normalized spacial score (nSPS) is 34.7. The molecule has 176 valence electrons. The van der Waals surface area contributed by atoms with E-state index in [4.69, 9.17) is 15.3 Å². The van der Waals surface area contributed by atoms with Gasteiger partial charge in [-0.1, -0.05) is 61.0 Å². The van der Waals surface area contributed by atoms with Crippen molar-refractivity contribution in [1.29, 1.82) is 0 Å². The molecule has 0 spiro atoms. The van der Waals surface area contributed by atoms with E-state index in [1.165, 1.54) is 0 Å². The molecule has 2 fully saturated rings. The Labute approximate surface area is 195 Å². The van der Waals surface area contributed by atoms with E-state index in [9.17, 15) is 0 Å². The fourth-order valence-corrected chi connectivity index (χ4v) is 8.60. The van der Waals surface area contributed by atoms with E-state index in [2.05, 4.69) is 106 Å². The predicted molar refractivity (Wildman–Crippen MR) is 139 cm³/mol. The Morgan fingerprint density at radius 1 is 1.16 bits per heavy atom. The topological polar surface area (TPSA) is 18.5 Å². The van der Waals surface area contributed by atoms with Crippen LogP contribution in [0.25, 0.3) is 0 Å². The summed E-state index contributed by atoms with van der Waals surface area (Å²) in [7, 11) is -3.94. The summed E-state index contributed by atoms with van der Waals surface area (Å²) >= 11 is 0. The third-order valence-electron chi connectivity index (χ3n) is 8.55. The van der Waals surface area contributed by atoms with Crippen LogP contribution in [0.2, 0.25) is 37.8 Å². The first-order chi connectivity index (χ1) is 13.9. The summed E-state index contributed by atoms with van der Waals surface area (Å²) in [5.74, 6) is 5.13. The smallest absolute Gasteiger partial charge is 0.192 e. The minimum atomic E-state index is -2.04. The van der Waals surface area contributed by atoms with E-state index in [1.807, 2.05) is 0 Å². The summed E-state index contributed by atoms with van der Waals surface area (Å²) in [6.45, 7) is 31.7. The van der Waals surface area contributed by atoms with Crippen LogP contribution in [0.4, 0.5) is 0 Å². The van der Waals surface area contributed by atoms with Crippen molar-refractivity contribution in [2.24, 2.45) is 35.0 Å². The third-order valence-corrected chi connectivity index (χ3v) is 14.0. The lowest BCUT2D eigenvalue weighted by molar-refractivity contribution is -0.0882. The van der Waals surface area contributed by atoms with Crippen molar-refractivity contribution in [3.63, 3.8) is 0 Å². The largest absolute Gasteiger partial charge is 0.413 e. The van der Waals surface area contributed by atoms with Crippen LogP contribution in [-0.4, -0.2) is 28.3 Å². The first-order valence-corrected chi connectivity index (χ1v) is 18.4. The van der Waals surface area contributed by atoms with Crippen molar-refractivity contribution in [1.82, 2.24) is 0 Å². The number of fused-ring (bicyclic) bond motifs is 1. The Kier molecular flexibility index (Phi) is 7.17. The van der Waals surface area contributed by atoms with Crippen molar-refractivity contribution in [3.8, 4) is 12.3 Å². The maximum absolute atomic E-state index is 7.25. The van der Waals surface area contributed by atoms with Gasteiger partial charge in [0.2, 0.25) is 0 Å². The molecule has 31 heavy (non-hydrogen) atoms. The van der Waals surface area contributed by atoms with Gasteiger partial charge in [0.1, 0.15) is 5.60 Å². The van der Waals surface area contributed by atoms with Gasteiger partial charge in [0.15, 0.2) is 16.6 Å². The van der Waals surface area contributed by atoms with Crippen LogP contribution in [0.15, 0.2) is 18.4 Å². The maximum atomic E-state index is 7.25. The monoisotopic (exact) mass is 460 g/mol. The molecule has 2 nitrogen and oxygen atoms in total. The van der Waals surface area contributed by atoms with E-state index < -0.39 is 22.2 Å². The van der Waals surface area contributed by atoms with E-state index in [-0.39, 0.29) is 28.4 Å². The van der Waals surface area contributed by atoms with Gasteiger partial charge in [0.25, 0.3) is 0 Å². The molecule has 0 N–H and O–H groups in total. The highest BCUT2D eigenvalue weighted by Gasteiger charge is 2.72. The van der Waals surface area contributed by atoms with Crippen LogP contribution in [0, 0.1) is 47.3 Å². The molecule has 0 bridgehead atoms. The van der Waals surface area contributed by atoms with Crippen LogP contribution in [-0.2, 0) is 8.85 Å². The fourth-order valence-electron chi connectivity index (χ4n) is 5.80. The second-order valence-electron chi connectivity index (χ2n) is 13.3. The SMILES string of the molecule is C#C[C@@]1(O[Si](C)(C)C)[C@H](C)C[C@@H]2[C@H]([C@@H]1C(O[Si](C)(C)C(C)(C)C)C(C)C=C=C)C2(C)C. The minimum absolute atomic E-state index is 0.000401. The van der Waals surface area contributed by atoms with Crippen LogP contribution in [0.1, 0.15) is 54.9 Å². The first kappa shape index (κ1) is 26.7. The Morgan fingerprint density at radius 3 is 2.13 bits per heavy atom. The summed E-state index contributed by atoms with van der Waals surface area (Å²) in [6, 6.07) is 0. The van der Waals surface area contributed by atoms with Crippen molar-refractivity contribution in [2.75, 3.05) is 0 Å². The van der Waals surface area contributed by atoms with E-state index in [1.54, 1.807) is 0 Å². The lowest BCUT2D eigenvalue weighted by Gasteiger charge is -2.53. The molecule has 0 saturated heterocycles. The molecule has 0 heterocycles.